The van der Waals surface area contributed by atoms with Crippen molar-refractivity contribution in [1.29, 1.82) is 0 Å². The summed E-state index contributed by atoms with van der Waals surface area (Å²) in [7, 11) is 0. The fourth-order valence-electron chi connectivity index (χ4n) is 3.91. The Morgan fingerprint density at radius 3 is 2.71 bits per heavy atom. The molecule has 1 unspecified atom stereocenters. The Labute approximate surface area is 187 Å². The number of hydrogen-bond donors (Lipinski definition) is 0. The van der Waals surface area contributed by atoms with Crippen LogP contribution in [-0.4, -0.2) is 35.7 Å². The highest BCUT2D eigenvalue weighted by Crippen LogP contribution is 2.30. The number of benzene rings is 2. The van der Waals surface area contributed by atoms with Crippen molar-refractivity contribution in [2.75, 3.05) is 19.7 Å². The maximum absolute atomic E-state index is 13.4. The fourth-order valence-corrected chi connectivity index (χ4v) is 5.11. The zero-order valence-corrected chi connectivity index (χ0v) is 18.9. The maximum atomic E-state index is 13.4. The van der Waals surface area contributed by atoms with Crippen LogP contribution in [0.15, 0.2) is 64.0 Å². The average molecular weight is 437 g/mol. The van der Waals surface area contributed by atoms with Crippen LogP contribution < -0.4 is 4.74 Å². The van der Waals surface area contributed by atoms with Gasteiger partial charge in [0.15, 0.2) is 0 Å². The van der Waals surface area contributed by atoms with E-state index in [2.05, 4.69) is 5.16 Å². The van der Waals surface area contributed by atoms with Gasteiger partial charge in [-0.2, -0.15) is 0 Å². The van der Waals surface area contributed by atoms with Gasteiger partial charge in [-0.1, -0.05) is 35.5 Å². The number of aryl methyl sites for hydroxylation is 2. The van der Waals surface area contributed by atoms with Crippen molar-refractivity contribution in [3.8, 4) is 5.75 Å². The zero-order chi connectivity index (χ0) is 21.6. The molecule has 6 heteroatoms. The number of carbonyl (C=O) groups excluding carboxylic acids is 1. The molecular weight excluding hydrogens is 408 g/mol. The highest BCUT2D eigenvalue weighted by atomic mass is 32.2. The minimum atomic E-state index is 0.103. The highest BCUT2D eigenvalue weighted by molar-refractivity contribution is 7.98. The van der Waals surface area contributed by atoms with E-state index in [9.17, 15) is 4.79 Å². The van der Waals surface area contributed by atoms with Gasteiger partial charge in [-0.3, -0.25) is 4.79 Å². The van der Waals surface area contributed by atoms with E-state index in [1.807, 2.05) is 73.3 Å². The first-order chi connectivity index (χ1) is 15.1. The Balaban J connectivity index is 1.40. The van der Waals surface area contributed by atoms with Crippen LogP contribution in [0.4, 0.5) is 0 Å². The summed E-state index contributed by atoms with van der Waals surface area (Å²) >= 11 is 1.66. The van der Waals surface area contributed by atoms with Gasteiger partial charge in [-0.25, -0.2) is 0 Å². The van der Waals surface area contributed by atoms with Crippen LogP contribution in [0.25, 0.3) is 0 Å². The summed E-state index contributed by atoms with van der Waals surface area (Å²) < 4.78 is 11.2. The Morgan fingerprint density at radius 1 is 1.16 bits per heavy atom. The standard InChI is InChI=1S/C25H28N2O3S/c1-18-23(19(2)30-26-18)17-31-24-13-7-6-12-22(24)25(28)27-14-8-9-20(15-27)16-29-21-10-4-3-5-11-21/h3-7,10-13,20H,8-9,14-17H2,1-2H3. The summed E-state index contributed by atoms with van der Waals surface area (Å²) in [6.45, 7) is 6.04. The minimum Gasteiger partial charge on any atom is -0.493 e. The summed E-state index contributed by atoms with van der Waals surface area (Å²) in [6.07, 6.45) is 2.09. The second kappa shape index (κ2) is 10.1. The van der Waals surface area contributed by atoms with Gasteiger partial charge < -0.3 is 14.2 Å². The normalized spacial score (nSPS) is 16.3. The predicted octanol–water partition coefficient (Wildman–Crippen LogP) is 5.51. The highest BCUT2D eigenvalue weighted by Gasteiger charge is 2.26. The molecule has 1 atom stereocenters. The third-order valence-corrected chi connectivity index (χ3v) is 6.81. The quantitative estimate of drug-likeness (QED) is 0.457. The number of carbonyl (C=O) groups is 1. The Hall–Kier alpha value is -2.73. The number of aromatic nitrogens is 1. The second-order valence-corrected chi connectivity index (χ2v) is 8.99. The fraction of sp³-hybridized carbons (Fsp3) is 0.360. The molecular formula is C25H28N2O3S. The number of nitrogens with zero attached hydrogens (tertiary/aromatic N) is 2. The van der Waals surface area contributed by atoms with Crippen LogP contribution in [0.1, 0.15) is 40.2 Å². The summed E-state index contributed by atoms with van der Waals surface area (Å²) in [5.41, 5.74) is 2.78. The molecule has 2 aromatic carbocycles. The van der Waals surface area contributed by atoms with E-state index < -0.39 is 0 Å². The molecule has 0 radical (unpaired) electrons. The molecule has 5 nitrogen and oxygen atoms in total. The minimum absolute atomic E-state index is 0.103. The Morgan fingerprint density at radius 2 is 1.94 bits per heavy atom. The van der Waals surface area contributed by atoms with Gasteiger partial charge in [0.1, 0.15) is 11.5 Å². The molecule has 1 amide bonds. The van der Waals surface area contributed by atoms with Crippen molar-refractivity contribution in [2.45, 2.75) is 37.3 Å². The number of hydrogen-bond acceptors (Lipinski definition) is 5. The molecule has 31 heavy (non-hydrogen) atoms. The van der Waals surface area contributed by atoms with Crippen LogP contribution in [0.5, 0.6) is 5.75 Å². The van der Waals surface area contributed by atoms with E-state index in [1.54, 1.807) is 11.8 Å². The first kappa shape index (κ1) is 21.5. The number of rotatable bonds is 7. The van der Waals surface area contributed by atoms with Gasteiger partial charge in [0, 0.05) is 35.2 Å². The third-order valence-electron chi connectivity index (χ3n) is 5.71. The summed E-state index contributed by atoms with van der Waals surface area (Å²) in [5, 5.41) is 4.03. The third kappa shape index (κ3) is 5.31. The van der Waals surface area contributed by atoms with Crippen LogP contribution >= 0.6 is 11.8 Å². The molecule has 0 bridgehead atoms. The predicted molar refractivity (Wildman–Crippen MR) is 123 cm³/mol. The summed E-state index contributed by atoms with van der Waals surface area (Å²) in [6, 6.07) is 17.8. The molecule has 3 aromatic rings. The first-order valence-electron chi connectivity index (χ1n) is 10.7. The number of piperidine rings is 1. The van der Waals surface area contributed by atoms with Gasteiger partial charge in [0.2, 0.25) is 0 Å². The van der Waals surface area contributed by atoms with E-state index in [0.717, 1.165) is 64.9 Å². The molecule has 0 spiro atoms. The molecule has 2 heterocycles. The van der Waals surface area contributed by atoms with Crippen LogP contribution in [0.3, 0.4) is 0 Å². The maximum Gasteiger partial charge on any atom is 0.255 e. The SMILES string of the molecule is Cc1noc(C)c1CSc1ccccc1C(=O)N1CCCC(COc2ccccc2)C1. The Bertz CT molecular complexity index is 999. The number of para-hydroxylation sites is 1. The number of ether oxygens (including phenoxy) is 1. The Kier molecular flexibility index (Phi) is 6.97. The van der Waals surface area contributed by atoms with Crippen LogP contribution in [-0.2, 0) is 5.75 Å². The molecule has 1 saturated heterocycles. The van der Waals surface area contributed by atoms with E-state index in [1.165, 1.54) is 0 Å². The first-order valence-corrected chi connectivity index (χ1v) is 11.7. The average Bonchev–Trinajstić information content (AvgIpc) is 3.14. The lowest BCUT2D eigenvalue weighted by Gasteiger charge is -2.33. The molecule has 1 fully saturated rings. The molecule has 0 N–H and O–H groups in total. The molecule has 0 saturated carbocycles. The van der Waals surface area contributed by atoms with Crippen molar-refractivity contribution in [3.63, 3.8) is 0 Å². The molecule has 0 aliphatic carbocycles. The van der Waals surface area contributed by atoms with Gasteiger partial charge in [-0.05, 0) is 51.0 Å². The lowest BCUT2D eigenvalue weighted by molar-refractivity contribution is 0.0630. The van der Waals surface area contributed by atoms with Gasteiger partial charge in [0.25, 0.3) is 5.91 Å². The van der Waals surface area contributed by atoms with Gasteiger partial charge >= 0.3 is 0 Å². The van der Waals surface area contributed by atoms with E-state index in [-0.39, 0.29) is 5.91 Å². The van der Waals surface area contributed by atoms with Gasteiger partial charge in [-0.15, -0.1) is 11.8 Å². The summed E-state index contributed by atoms with van der Waals surface area (Å²) in [4.78, 5) is 16.4. The molecule has 162 valence electrons. The molecule has 1 aromatic heterocycles. The van der Waals surface area contributed by atoms with Crippen molar-refractivity contribution >= 4 is 17.7 Å². The zero-order valence-electron chi connectivity index (χ0n) is 18.0. The van der Waals surface area contributed by atoms with Crippen LogP contribution in [0, 0.1) is 19.8 Å². The van der Waals surface area contributed by atoms with Gasteiger partial charge in [0.05, 0.1) is 17.9 Å². The van der Waals surface area contributed by atoms with E-state index in [0.29, 0.717) is 12.5 Å². The largest absolute Gasteiger partial charge is 0.493 e. The van der Waals surface area contributed by atoms with Crippen molar-refractivity contribution in [3.05, 3.63) is 77.2 Å². The summed E-state index contributed by atoms with van der Waals surface area (Å²) in [5.74, 6) is 2.91. The number of thioether (sulfide) groups is 1. The van der Waals surface area contributed by atoms with Crippen molar-refractivity contribution < 1.29 is 14.1 Å². The number of likely N-dealkylation sites (tertiary alicyclic amines) is 1. The lowest BCUT2D eigenvalue weighted by Crippen LogP contribution is -2.41. The number of amides is 1. The topological polar surface area (TPSA) is 55.6 Å². The van der Waals surface area contributed by atoms with E-state index in [4.69, 9.17) is 9.26 Å². The lowest BCUT2D eigenvalue weighted by atomic mass is 9.98. The van der Waals surface area contributed by atoms with E-state index >= 15 is 0 Å². The van der Waals surface area contributed by atoms with Crippen molar-refractivity contribution in [1.82, 2.24) is 10.1 Å². The molecule has 4 rings (SSSR count). The molecule has 1 aliphatic rings. The van der Waals surface area contributed by atoms with Crippen LogP contribution in [0.2, 0.25) is 0 Å². The second-order valence-electron chi connectivity index (χ2n) is 7.97. The monoisotopic (exact) mass is 436 g/mol. The van der Waals surface area contributed by atoms with Crippen molar-refractivity contribution in [2.24, 2.45) is 5.92 Å². The molecule has 1 aliphatic heterocycles. The smallest absolute Gasteiger partial charge is 0.255 e.